The summed E-state index contributed by atoms with van der Waals surface area (Å²) in [4.78, 5) is 6.54. The molecule has 0 spiro atoms. The Morgan fingerprint density at radius 2 is 2.50 bits per heavy atom. The maximum Gasteiger partial charge on any atom is 0.217 e. The summed E-state index contributed by atoms with van der Waals surface area (Å²) in [7, 11) is 2.14. The Balaban J connectivity index is 1.89. The molecular formula is C12H19N3O. The number of aromatic nitrogens is 1. The zero-order chi connectivity index (χ0) is 11.4. The van der Waals surface area contributed by atoms with E-state index in [1.54, 1.807) is 6.20 Å². The molecule has 1 aliphatic heterocycles. The van der Waals surface area contributed by atoms with Gasteiger partial charge in [0, 0.05) is 30.8 Å². The van der Waals surface area contributed by atoms with Crippen LogP contribution in [-0.4, -0.2) is 36.6 Å². The average Bonchev–Trinajstić information content (AvgIpc) is 2.73. The van der Waals surface area contributed by atoms with Crippen LogP contribution in [0.2, 0.25) is 0 Å². The standard InChI is InChI=1S/C12H19N3O/c1-15-6-4-10(8-15)9-16-12-11(7-13)3-2-5-14-12/h2-3,5,10H,4,6-9,13H2,1H3. The zero-order valence-electron chi connectivity index (χ0n) is 9.72. The average molecular weight is 221 g/mol. The molecule has 1 aliphatic rings. The second kappa shape index (κ2) is 5.27. The number of ether oxygens (including phenoxy) is 1. The van der Waals surface area contributed by atoms with Crippen LogP contribution in [0.25, 0.3) is 0 Å². The van der Waals surface area contributed by atoms with Gasteiger partial charge >= 0.3 is 0 Å². The lowest BCUT2D eigenvalue weighted by Crippen LogP contribution is -2.18. The van der Waals surface area contributed by atoms with Crippen molar-refractivity contribution >= 4 is 0 Å². The third-order valence-electron chi connectivity index (χ3n) is 3.01. The van der Waals surface area contributed by atoms with E-state index < -0.39 is 0 Å². The molecule has 4 heteroatoms. The topological polar surface area (TPSA) is 51.4 Å². The third-order valence-corrected chi connectivity index (χ3v) is 3.01. The minimum absolute atomic E-state index is 0.480. The lowest BCUT2D eigenvalue weighted by atomic mass is 10.1. The zero-order valence-corrected chi connectivity index (χ0v) is 9.72. The Kier molecular flexibility index (Phi) is 3.74. The number of pyridine rings is 1. The second-order valence-electron chi connectivity index (χ2n) is 4.40. The van der Waals surface area contributed by atoms with Crippen LogP contribution in [0.3, 0.4) is 0 Å². The Bertz CT molecular complexity index is 343. The molecule has 4 nitrogen and oxygen atoms in total. The van der Waals surface area contributed by atoms with Crippen molar-refractivity contribution in [2.75, 3.05) is 26.7 Å². The van der Waals surface area contributed by atoms with Crippen molar-refractivity contribution in [2.24, 2.45) is 11.7 Å². The highest BCUT2D eigenvalue weighted by molar-refractivity contribution is 5.24. The predicted octanol–water partition coefficient (Wildman–Crippen LogP) is 0.871. The normalized spacial score (nSPS) is 21.2. The molecule has 1 fully saturated rings. The molecule has 16 heavy (non-hydrogen) atoms. The van der Waals surface area contributed by atoms with Crippen LogP contribution in [-0.2, 0) is 6.54 Å². The summed E-state index contributed by atoms with van der Waals surface area (Å²) < 4.78 is 5.74. The Hall–Kier alpha value is -1.13. The lowest BCUT2D eigenvalue weighted by molar-refractivity contribution is 0.239. The van der Waals surface area contributed by atoms with Gasteiger partial charge in [0.05, 0.1) is 6.61 Å². The number of hydrogen-bond donors (Lipinski definition) is 1. The molecule has 88 valence electrons. The Labute approximate surface area is 96.4 Å². The maximum absolute atomic E-state index is 5.74. The van der Waals surface area contributed by atoms with Crippen LogP contribution in [0.5, 0.6) is 5.88 Å². The number of hydrogen-bond acceptors (Lipinski definition) is 4. The summed E-state index contributed by atoms with van der Waals surface area (Å²) in [6.07, 6.45) is 2.95. The van der Waals surface area contributed by atoms with Gasteiger partial charge in [-0.15, -0.1) is 0 Å². The summed E-state index contributed by atoms with van der Waals surface area (Å²) in [6.45, 7) is 3.51. The van der Waals surface area contributed by atoms with Crippen molar-refractivity contribution < 1.29 is 4.74 Å². The van der Waals surface area contributed by atoms with E-state index in [2.05, 4.69) is 16.9 Å². The van der Waals surface area contributed by atoms with Gasteiger partial charge in [-0.3, -0.25) is 0 Å². The van der Waals surface area contributed by atoms with E-state index in [0.29, 0.717) is 18.3 Å². The first kappa shape index (κ1) is 11.4. The van der Waals surface area contributed by atoms with Crippen LogP contribution in [0.15, 0.2) is 18.3 Å². The van der Waals surface area contributed by atoms with Crippen molar-refractivity contribution in [1.82, 2.24) is 9.88 Å². The highest BCUT2D eigenvalue weighted by Gasteiger charge is 2.20. The minimum atomic E-state index is 0.480. The first-order valence-corrected chi connectivity index (χ1v) is 5.75. The van der Waals surface area contributed by atoms with Crippen LogP contribution in [0.4, 0.5) is 0 Å². The van der Waals surface area contributed by atoms with Gasteiger partial charge in [-0.2, -0.15) is 0 Å². The van der Waals surface area contributed by atoms with E-state index in [0.717, 1.165) is 18.7 Å². The van der Waals surface area contributed by atoms with Crippen molar-refractivity contribution in [1.29, 1.82) is 0 Å². The van der Waals surface area contributed by atoms with E-state index in [9.17, 15) is 0 Å². The molecule has 1 atom stereocenters. The highest BCUT2D eigenvalue weighted by atomic mass is 16.5. The highest BCUT2D eigenvalue weighted by Crippen LogP contribution is 2.18. The summed E-state index contributed by atoms with van der Waals surface area (Å²) in [5, 5.41) is 0. The summed E-state index contributed by atoms with van der Waals surface area (Å²) in [5.41, 5.74) is 6.61. The summed E-state index contributed by atoms with van der Waals surface area (Å²) >= 11 is 0. The molecule has 0 aliphatic carbocycles. The maximum atomic E-state index is 5.74. The smallest absolute Gasteiger partial charge is 0.217 e. The number of rotatable bonds is 4. The molecule has 1 saturated heterocycles. The van der Waals surface area contributed by atoms with Gasteiger partial charge in [-0.1, -0.05) is 6.07 Å². The molecule has 0 saturated carbocycles. The Morgan fingerprint density at radius 1 is 1.62 bits per heavy atom. The van der Waals surface area contributed by atoms with Gasteiger partial charge in [0.2, 0.25) is 5.88 Å². The fourth-order valence-electron chi connectivity index (χ4n) is 2.07. The van der Waals surface area contributed by atoms with Crippen LogP contribution < -0.4 is 10.5 Å². The van der Waals surface area contributed by atoms with Crippen LogP contribution in [0, 0.1) is 5.92 Å². The quantitative estimate of drug-likeness (QED) is 0.819. The molecule has 1 aromatic rings. The van der Waals surface area contributed by atoms with Crippen molar-refractivity contribution in [2.45, 2.75) is 13.0 Å². The molecular weight excluding hydrogens is 202 g/mol. The van der Waals surface area contributed by atoms with Gasteiger partial charge in [-0.05, 0) is 26.1 Å². The fraction of sp³-hybridized carbons (Fsp3) is 0.583. The van der Waals surface area contributed by atoms with E-state index in [1.807, 2.05) is 12.1 Å². The van der Waals surface area contributed by atoms with Crippen molar-refractivity contribution in [3.8, 4) is 5.88 Å². The van der Waals surface area contributed by atoms with Crippen molar-refractivity contribution in [3.63, 3.8) is 0 Å². The molecule has 0 aromatic carbocycles. The molecule has 0 radical (unpaired) electrons. The number of nitrogens with two attached hydrogens (primary N) is 1. The number of likely N-dealkylation sites (tertiary alicyclic amines) is 1. The van der Waals surface area contributed by atoms with Gasteiger partial charge in [0.15, 0.2) is 0 Å². The Morgan fingerprint density at radius 3 is 3.19 bits per heavy atom. The third kappa shape index (κ3) is 2.71. The van der Waals surface area contributed by atoms with E-state index in [1.165, 1.54) is 13.0 Å². The van der Waals surface area contributed by atoms with Gasteiger partial charge < -0.3 is 15.4 Å². The van der Waals surface area contributed by atoms with E-state index in [4.69, 9.17) is 10.5 Å². The first-order chi connectivity index (χ1) is 7.79. The van der Waals surface area contributed by atoms with E-state index in [-0.39, 0.29) is 0 Å². The molecule has 0 amide bonds. The SMILES string of the molecule is CN1CCC(COc2ncccc2CN)C1. The minimum Gasteiger partial charge on any atom is -0.477 e. The second-order valence-corrected chi connectivity index (χ2v) is 4.40. The van der Waals surface area contributed by atoms with Crippen LogP contribution >= 0.6 is 0 Å². The molecule has 0 bridgehead atoms. The molecule has 2 rings (SSSR count). The monoisotopic (exact) mass is 221 g/mol. The lowest BCUT2D eigenvalue weighted by Gasteiger charge is -2.13. The predicted molar refractivity (Wildman–Crippen MR) is 63.2 cm³/mol. The largest absolute Gasteiger partial charge is 0.477 e. The van der Waals surface area contributed by atoms with Gasteiger partial charge in [0.1, 0.15) is 0 Å². The van der Waals surface area contributed by atoms with Crippen molar-refractivity contribution in [3.05, 3.63) is 23.9 Å². The first-order valence-electron chi connectivity index (χ1n) is 5.75. The molecule has 1 unspecified atom stereocenters. The number of nitrogens with zero attached hydrogens (tertiary/aromatic N) is 2. The summed E-state index contributed by atoms with van der Waals surface area (Å²) in [5.74, 6) is 1.32. The molecule has 1 aromatic heterocycles. The molecule has 2 N–H and O–H groups in total. The molecule has 2 heterocycles. The van der Waals surface area contributed by atoms with Gasteiger partial charge in [0.25, 0.3) is 0 Å². The van der Waals surface area contributed by atoms with Gasteiger partial charge in [-0.25, -0.2) is 4.98 Å². The van der Waals surface area contributed by atoms with E-state index >= 15 is 0 Å². The van der Waals surface area contributed by atoms with Crippen LogP contribution in [0.1, 0.15) is 12.0 Å². The fourth-order valence-corrected chi connectivity index (χ4v) is 2.07. The summed E-state index contributed by atoms with van der Waals surface area (Å²) in [6, 6.07) is 3.85.